The molecule has 29 heavy (non-hydrogen) atoms. The van der Waals surface area contributed by atoms with Crippen LogP contribution in [0.4, 0.5) is 5.82 Å². The molecule has 1 aromatic carbocycles. The van der Waals surface area contributed by atoms with E-state index in [1.807, 2.05) is 13.8 Å². The van der Waals surface area contributed by atoms with E-state index in [2.05, 4.69) is 38.4 Å². The Morgan fingerprint density at radius 1 is 1.28 bits per heavy atom. The summed E-state index contributed by atoms with van der Waals surface area (Å²) in [7, 11) is 1.32. The van der Waals surface area contributed by atoms with Crippen molar-refractivity contribution in [3.05, 3.63) is 46.4 Å². The molecule has 1 aliphatic heterocycles. The predicted octanol–water partition coefficient (Wildman–Crippen LogP) is 3.38. The second-order valence-electron chi connectivity index (χ2n) is 7.01. The van der Waals surface area contributed by atoms with Gasteiger partial charge in [-0.15, -0.1) is 0 Å². The zero-order valence-electron chi connectivity index (χ0n) is 17.1. The van der Waals surface area contributed by atoms with Crippen LogP contribution in [-0.2, 0) is 11.3 Å². The number of benzene rings is 1. The fraction of sp³-hybridized carbons (Fsp3) is 0.476. The normalized spacial score (nSPS) is 14.5. The molecule has 0 spiro atoms. The van der Waals surface area contributed by atoms with Crippen LogP contribution in [0.25, 0.3) is 0 Å². The van der Waals surface area contributed by atoms with Crippen molar-refractivity contribution in [3.63, 3.8) is 0 Å². The maximum Gasteiger partial charge on any atom is 0.356 e. The van der Waals surface area contributed by atoms with Gasteiger partial charge in [0.2, 0.25) is 5.28 Å². The summed E-state index contributed by atoms with van der Waals surface area (Å²) in [6, 6.07) is 8.14. The number of nitrogens with zero attached hydrogens (tertiary/aromatic N) is 3. The molecule has 0 radical (unpaired) electrons. The first-order chi connectivity index (χ1) is 14.0. The summed E-state index contributed by atoms with van der Waals surface area (Å²) in [5, 5.41) is 3.42. The number of carbonyl (C=O) groups excluding carboxylic acids is 1. The molecule has 156 valence electrons. The minimum atomic E-state index is -0.533. The number of ether oxygens (including phenoxy) is 2. The maximum absolute atomic E-state index is 12.0. The number of piperidine rings is 1. The smallest absolute Gasteiger partial charge is 0.356 e. The Balaban J connectivity index is 1.96. The highest BCUT2D eigenvalue weighted by molar-refractivity contribution is 6.28. The first-order valence-electron chi connectivity index (χ1n) is 9.84. The Bertz CT molecular complexity index is 856. The molecule has 0 atom stereocenters. The first kappa shape index (κ1) is 21.3. The topological polar surface area (TPSA) is 76.6 Å². The molecular weight excluding hydrogens is 392 g/mol. The Morgan fingerprint density at radius 2 is 2.03 bits per heavy atom. The first-order valence-corrected chi connectivity index (χ1v) is 10.2. The molecule has 8 heteroatoms. The lowest BCUT2D eigenvalue weighted by molar-refractivity contribution is 0.0594. The highest BCUT2D eigenvalue weighted by atomic mass is 35.5. The summed E-state index contributed by atoms with van der Waals surface area (Å²) >= 11 is 6.14. The van der Waals surface area contributed by atoms with Crippen LogP contribution in [0, 0.1) is 6.92 Å². The van der Waals surface area contributed by atoms with Crippen LogP contribution in [0.5, 0.6) is 5.75 Å². The Morgan fingerprint density at radius 3 is 2.72 bits per heavy atom. The van der Waals surface area contributed by atoms with Crippen molar-refractivity contribution in [3.8, 4) is 5.75 Å². The van der Waals surface area contributed by atoms with Gasteiger partial charge in [0.25, 0.3) is 0 Å². The lowest BCUT2D eigenvalue weighted by Crippen LogP contribution is -2.43. The Labute approximate surface area is 176 Å². The number of aryl methyl sites for hydroxylation is 1. The van der Waals surface area contributed by atoms with E-state index in [-0.39, 0.29) is 17.0 Å². The monoisotopic (exact) mass is 418 g/mol. The fourth-order valence-corrected chi connectivity index (χ4v) is 3.71. The predicted molar refractivity (Wildman–Crippen MR) is 113 cm³/mol. The van der Waals surface area contributed by atoms with Gasteiger partial charge in [0.05, 0.1) is 13.7 Å². The van der Waals surface area contributed by atoms with Crippen LogP contribution in [0.15, 0.2) is 24.3 Å². The summed E-state index contributed by atoms with van der Waals surface area (Å²) < 4.78 is 10.6. The second-order valence-corrected chi connectivity index (χ2v) is 7.35. The van der Waals surface area contributed by atoms with Gasteiger partial charge in [0.1, 0.15) is 11.6 Å². The minimum Gasteiger partial charge on any atom is -0.494 e. The molecule has 2 heterocycles. The van der Waals surface area contributed by atoms with E-state index in [9.17, 15) is 4.79 Å². The number of methoxy groups -OCH3 is 1. The van der Waals surface area contributed by atoms with Crippen LogP contribution < -0.4 is 15.0 Å². The Kier molecular flexibility index (Phi) is 7.28. The molecule has 1 aliphatic rings. The molecule has 0 amide bonds. The SMILES string of the molecule is CCOc1cc(CN(c2cc(C(=O)OC)nc(Cl)n2)C2CCNCC2)ccc1C. The summed E-state index contributed by atoms with van der Waals surface area (Å²) in [6.07, 6.45) is 1.94. The molecule has 0 aliphatic carbocycles. The average Bonchev–Trinajstić information content (AvgIpc) is 2.74. The van der Waals surface area contributed by atoms with Crippen molar-refractivity contribution in [2.45, 2.75) is 39.3 Å². The number of esters is 1. The fourth-order valence-electron chi connectivity index (χ4n) is 3.53. The second kappa shape index (κ2) is 9.89. The lowest BCUT2D eigenvalue weighted by Gasteiger charge is -2.36. The molecule has 1 saturated heterocycles. The van der Waals surface area contributed by atoms with Crippen molar-refractivity contribution in [2.24, 2.45) is 0 Å². The molecule has 0 saturated carbocycles. The van der Waals surface area contributed by atoms with Gasteiger partial charge in [-0.1, -0.05) is 12.1 Å². The van der Waals surface area contributed by atoms with E-state index in [1.54, 1.807) is 6.07 Å². The molecule has 1 fully saturated rings. The quantitative estimate of drug-likeness (QED) is 0.545. The van der Waals surface area contributed by atoms with Gasteiger partial charge in [-0.05, 0) is 68.6 Å². The highest BCUT2D eigenvalue weighted by Gasteiger charge is 2.25. The highest BCUT2D eigenvalue weighted by Crippen LogP contribution is 2.27. The molecule has 0 unspecified atom stereocenters. The van der Waals surface area contributed by atoms with Crippen molar-refractivity contribution in [2.75, 3.05) is 31.7 Å². The number of hydrogen-bond acceptors (Lipinski definition) is 7. The van der Waals surface area contributed by atoms with Crippen molar-refractivity contribution in [1.82, 2.24) is 15.3 Å². The number of carbonyl (C=O) groups is 1. The zero-order chi connectivity index (χ0) is 20.8. The van der Waals surface area contributed by atoms with E-state index in [0.29, 0.717) is 19.0 Å². The molecule has 0 bridgehead atoms. The summed E-state index contributed by atoms with van der Waals surface area (Å²) in [5.41, 5.74) is 2.36. The minimum absolute atomic E-state index is 0.0285. The van der Waals surface area contributed by atoms with E-state index in [4.69, 9.17) is 21.1 Å². The van der Waals surface area contributed by atoms with Gasteiger partial charge in [-0.3, -0.25) is 0 Å². The van der Waals surface area contributed by atoms with Gasteiger partial charge in [0, 0.05) is 18.7 Å². The van der Waals surface area contributed by atoms with Crippen LogP contribution in [0.1, 0.15) is 41.4 Å². The van der Waals surface area contributed by atoms with Gasteiger partial charge in [-0.2, -0.15) is 0 Å². The zero-order valence-corrected chi connectivity index (χ0v) is 17.8. The number of rotatable bonds is 7. The molecule has 7 nitrogen and oxygen atoms in total. The molecule has 3 rings (SSSR count). The van der Waals surface area contributed by atoms with Crippen LogP contribution in [0.2, 0.25) is 5.28 Å². The van der Waals surface area contributed by atoms with Crippen LogP contribution in [0.3, 0.4) is 0 Å². The van der Waals surface area contributed by atoms with Gasteiger partial charge in [0.15, 0.2) is 5.69 Å². The largest absolute Gasteiger partial charge is 0.494 e. The third-order valence-corrected chi connectivity index (χ3v) is 5.20. The molecular formula is C21H27ClN4O3. The van der Waals surface area contributed by atoms with E-state index in [0.717, 1.165) is 42.8 Å². The standard InChI is InChI=1S/C21H27ClN4O3/c1-4-29-18-11-15(6-5-14(18)2)13-26(16-7-9-23-10-8-16)19-12-17(20(27)28-3)24-21(22)25-19/h5-6,11-12,16,23H,4,7-10,13H2,1-3H3. The van der Waals surface area contributed by atoms with E-state index >= 15 is 0 Å². The van der Waals surface area contributed by atoms with Crippen molar-refractivity contribution < 1.29 is 14.3 Å². The van der Waals surface area contributed by atoms with Gasteiger partial charge in [-0.25, -0.2) is 14.8 Å². The van der Waals surface area contributed by atoms with Gasteiger partial charge < -0.3 is 19.7 Å². The van der Waals surface area contributed by atoms with Gasteiger partial charge >= 0.3 is 5.97 Å². The lowest BCUT2D eigenvalue weighted by atomic mass is 10.0. The van der Waals surface area contributed by atoms with Crippen LogP contribution >= 0.6 is 11.6 Å². The molecule has 1 N–H and O–H groups in total. The molecule has 2 aromatic rings. The third kappa shape index (κ3) is 5.36. The van der Waals surface area contributed by atoms with Crippen molar-refractivity contribution >= 4 is 23.4 Å². The summed E-state index contributed by atoms with van der Waals surface area (Å²) in [6.45, 7) is 7.12. The molecule has 1 aromatic heterocycles. The average molecular weight is 419 g/mol. The Hall–Kier alpha value is -2.38. The summed E-state index contributed by atoms with van der Waals surface area (Å²) in [4.78, 5) is 22.6. The third-order valence-electron chi connectivity index (χ3n) is 5.03. The number of anilines is 1. The maximum atomic E-state index is 12.0. The number of nitrogens with one attached hydrogen (secondary N) is 1. The number of hydrogen-bond donors (Lipinski definition) is 1. The number of aromatic nitrogens is 2. The van der Waals surface area contributed by atoms with E-state index in [1.165, 1.54) is 7.11 Å². The van der Waals surface area contributed by atoms with Crippen LogP contribution in [-0.4, -0.2) is 48.8 Å². The number of halogens is 1. The van der Waals surface area contributed by atoms with E-state index < -0.39 is 5.97 Å². The van der Waals surface area contributed by atoms with Crippen molar-refractivity contribution in [1.29, 1.82) is 0 Å². The summed E-state index contributed by atoms with van der Waals surface area (Å²) in [5.74, 6) is 0.969.